The lowest BCUT2D eigenvalue weighted by Gasteiger charge is -2.35. The number of benzene rings is 3. The molecule has 1 heterocycles. The average molecular weight is 496 g/mol. The summed E-state index contributed by atoms with van der Waals surface area (Å²) in [7, 11) is 0. The van der Waals surface area contributed by atoms with Crippen molar-refractivity contribution < 1.29 is 23.5 Å². The van der Waals surface area contributed by atoms with Crippen LogP contribution >= 0.6 is 11.6 Å². The zero-order valence-corrected chi connectivity index (χ0v) is 19.5. The van der Waals surface area contributed by atoms with Gasteiger partial charge in [0.25, 0.3) is 17.7 Å². The number of rotatable bonds is 6. The van der Waals surface area contributed by atoms with E-state index >= 15 is 0 Å². The van der Waals surface area contributed by atoms with Gasteiger partial charge in [-0.1, -0.05) is 35.9 Å². The Labute approximate surface area is 206 Å². The summed E-state index contributed by atoms with van der Waals surface area (Å²) < 4.78 is 19.8. The van der Waals surface area contributed by atoms with E-state index in [9.17, 15) is 18.8 Å². The monoisotopic (exact) mass is 495 g/mol. The van der Waals surface area contributed by atoms with Crippen LogP contribution in [0, 0.1) is 5.82 Å². The quantitative estimate of drug-likeness (QED) is 0.563. The molecule has 0 saturated carbocycles. The lowest BCUT2D eigenvalue weighted by molar-refractivity contribution is 0.0532. The first-order valence-electron chi connectivity index (χ1n) is 11.0. The number of carbonyl (C=O) groups excluding carboxylic acids is 3. The first-order chi connectivity index (χ1) is 16.8. The van der Waals surface area contributed by atoms with Crippen LogP contribution in [0.1, 0.15) is 36.6 Å². The molecule has 0 bridgehead atoms. The maximum atomic E-state index is 14.1. The maximum absolute atomic E-state index is 14.1. The summed E-state index contributed by atoms with van der Waals surface area (Å²) in [6, 6.07) is 17.6. The molecule has 180 valence electrons. The molecule has 0 radical (unpaired) electrons. The van der Waals surface area contributed by atoms with Gasteiger partial charge in [0.1, 0.15) is 18.2 Å². The molecule has 0 aromatic heterocycles. The van der Waals surface area contributed by atoms with Gasteiger partial charge >= 0.3 is 0 Å². The van der Waals surface area contributed by atoms with Crippen LogP contribution in [0.25, 0.3) is 0 Å². The fraction of sp³-hybridized carbons (Fsp3) is 0.192. The normalized spacial score (nSPS) is 13.4. The Morgan fingerprint density at radius 1 is 0.857 bits per heavy atom. The van der Waals surface area contributed by atoms with Gasteiger partial charge in [0.15, 0.2) is 0 Å². The van der Waals surface area contributed by atoms with E-state index in [0.29, 0.717) is 24.4 Å². The highest BCUT2D eigenvalue weighted by Crippen LogP contribution is 2.21. The van der Waals surface area contributed by atoms with E-state index in [2.05, 4.69) is 0 Å². The zero-order valence-electron chi connectivity index (χ0n) is 18.7. The number of halogens is 2. The molecule has 1 aliphatic heterocycles. The summed E-state index contributed by atoms with van der Waals surface area (Å²) in [6.45, 7) is 1.35. The maximum Gasteiger partial charge on any atom is 0.257 e. The minimum atomic E-state index is -0.629. The van der Waals surface area contributed by atoms with E-state index in [0.717, 1.165) is 5.56 Å². The fourth-order valence-electron chi connectivity index (χ4n) is 3.88. The van der Waals surface area contributed by atoms with Crippen LogP contribution in [0.4, 0.5) is 4.39 Å². The number of nitrogens with zero attached hydrogens (tertiary/aromatic N) is 2. The van der Waals surface area contributed by atoms with Gasteiger partial charge in [-0.2, -0.15) is 0 Å². The molecule has 1 saturated heterocycles. The standard InChI is InChI=1S/C26H23ClFN3O4/c27-19-8-9-22(28)21(15-19)26(34)31-12-10-30(11-13-31)25(33)18-5-3-4-17(14-18)16-35-23-7-2-1-6-20(23)24(29)32/h1-9,14-15H,10-13,16H2,(H2,29,32). The number of primary amides is 1. The van der Waals surface area contributed by atoms with Crippen molar-refractivity contribution in [2.24, 2.45) is 5.73 Å². The third-order valence-corrected chi connectivity index (χ3v) is 5.97. The molecule has 9 heteroatoms. The molecule has 3 aromatic rings. The molecule has 7 nitrogen and oxygen atoms in total. The first-order valence-corrected chi connectivity index (χ1v) is 11.4. The van der Waals surface area contributed by atoms with Crippen molar-refractivity contribution in [2.75, 3.05) is 26.2 Å². The molecule has 0 atom stereocenters. The Morgan fingerprint density at radius 3 is 2.26 bits per heavy atom. The van der Waals surface area contributed by atoms with Gasteiger partial charge < -0.3 is 20.3 Å². The van der Waals surface area contributed by atoms with Crippen LogP contribution < -0.4 is 10.5 Å². The summed E-state index contributed by atoms with van der Waals surface area (Å²) in [5, 5.41) is 0.283. The first kappa shape index (κ1) is 24.2. The molecule has 0 spiro atoms. The predicted molar refractivity (Wildman–Crippen MR) is 129 cm³/mol. The summed E-state index contributed by atoms with van der Waals surface area (Å²) in [4.78, 5) is 40.5. The highest BCUT2D eigenvalue weighted by atomic mass is 35.5. The lowest BCUT2D eigenvalue weighted by atomic mass is 10.1. The third-order valence-electron chi connectivity index (χ3n) is 5.73. The number of hydrogen-bond donors (Lipinski definition) is 1. The molecular weight excluding hydrogens is 473 g/mol. The lowest BCUT2D eigenvalue weighted by Crippen LogP contribution is -2.50. The highest BCUT2D eigenvalue weighted by Gasteiger charge is 2.27. The van der Waals surface area contributed by atoms with Crippen LogP contribution in [-0.2, 0) is 6.61 Å². The Kier molecular flexibility index (Phi) is 7.31. The van der Waals surface area contributed by atoms with E-state index < -0.39 is 17.6 Å². The molecule has 3 amide bonds. The van der Waals surface area contributed by atoms with Crippen LogP contribution in [0.15, 0.2) is 66.7 Å². The Balaban J connectivity index is 1.38. The van der Waals surface area contributed by atoms with Gasteiger partial charge in [0.2, 0.25) is 0 Å². The average Bonchev–Trinajstić information content (AvgIpc) is 2.88. The fourth-order valence-corrected chi connectivity index (χ4v) is 4.05. The molecule has 4 rings (SSSR count). The molecule has 1 aliphatic rings. The second-order valence-corrected chi connectivity index (χ2v) is 8.49. The van der Waals surface area contributed by atoms with Gasteiger partial charge in [0, 0.05) is 36.8 Å². The summed E-state index contributed by atoms with van der Waals surface area (Å²) in [5.74, 6) is -1.47. The Bertz CT molecular complexity index is 1270. The molecule has 3 aromatic carbocycles. The number of amides is 3. The SMILES string of the molecule is NC(=O)c1ccccc1OCc1cccc(C(=O)N2CCN(C(=O)c3cc(Cl)ccc3F)CC2)c1. The molecular formula is C26H23ClFN3O4. The zero-order chi connectivity index (χ0) is 24.9. The van der Waals surface area contributed by atoms with Crippen molar-refractivity contribution in [3.05, 3.63) is 99.8 Å². The van der Waals surface area contributed by atoms with Crippen LogP contribution in [0.3, 0.4) is 0 Å². The van der Waals surface area contributed by atoms with Crippen LogP contribution in [0.5, 0.6) is 5.75 Å². The summed E-state index contributed by atoms with van der Waals surface area (Å²) in [5.41, 5.74) is 6.82. The van der Waals surface area contributed by atoms with E-state index in [1.165, 1.54) is 23.1 Å². The van der Waals surface area contributed by atoms with Crippen LogP contribution in [-0.4, -0.2) is 53.7 Å². The molecule has 0 aliphatic carbocycles. The van der Waals surface area contributed by atoms with Crippen molar-refractivity contribution >= 4 is 29.3 Å². The van der Waals surface area contributed by atoms with Crippen LogP contribution in [0.2, 0.25) is 5.02 Å². The highest BCUT2D eigenvalue weighted by molar-refractivity contribution is 6.31. The van der Waals surface area contributed by atoms with Gasteiger partial charge in [-0.25, -0.2) is 4.39 Å². The summed E-state index contributed by atoms with van der Waals surface area (Å²) >= 11 is 5.90. The van der Waals surface area contributed by atoms with Gasteiger partial charge in [0.05, 0.1) is 11.1 Å². The van der Waals surface area contributed by atoms with Crippen molar-refractivity contribution in [3.8, 4) is 5.75 Å². The number of piperazine rings is 1. The molecule has 1 fully saturated rings. The smallest absolute Gasteiger partial charge is 0.257 e. The van der Waals surface area contributed by atoms with E-state index in [4.69, 9.17) is 22.1 Å². The van der Waals surface area contributed by atoms with Crippen molar-refractivity contribution in [3.63, 3.8) is 0 Å². The van der Waals surface area contributed by atoms with E-state index in [-0.39, 0.29) is 41.8 Å². The minimum absolute atomic E-state index is 0.0807. The van der Waals surface area contributed by atoms with Gasteiger partial charge in [-0.3, -0.25) is 14.4 Å². The van der Waals surface area contributed by atoms with Crippen molar-refractivity contribution in [2.45, 2.75) is 6.61 Å². The Morgan fingerprint density at radius 2 is 1.54 bits per heavy atom. The minimum Gasteiger partial charge on any atom is -0.488 e. The third kappa shape index (κ3) is 5.60. The number of nitrogens with two attached hydrogens (primary N) is 1. The van der Waals surface area contributed by atoms with Gasteiger partial charge in [-0.05, 0) is 48.0 Å². The van der Waals surface area contributed by atoms with E-state index in [1.54, 1.807) is 47.4 Å². The van der Waals surface area contributed by atoms with E-state index in [1.807, 2.05) is 6.07 Å². The predicted octanol–water partition coefficient (Wildman–Crippen LogP) is 3.76. The largest absolute Gasteiger partial charge is 0.488 e. The second kappa shape index (κ2) is 10.6. The topological polar surface area (TPSA) is 92.9 Å². The molecule has 0 unspecified atom stereocenters. The molecule has 35 heavy (non-hydrogen) atoms. The summed E-state index contributed by atoms with van der Waals surface area (Å²) in [6.07, 6.45) is 0. The number of para-hydroxylation sites is 1. The number of hydrogen-bond acceptors (Lipinski definition) is 4. The van der Waals surface area contributed by atoms with Crippen molar-refractivity contribution in [1.29, 1.82) is 0 Å². The number of carbonyl (C=O) groups is 3. The number of ether oxygens (including phenoxy) is 1. The van der Waals surface area contributed by atoms with Crippen molar-refractivity contribution in [1.82, 2.24) is 9.80 Å². The molecule has 2 N–H and O–H groups in total. The second-order valence-electron chi connectivity index (χ2n) is 8.06. The Hall–Kier alpha value is -3.91. The van der Waals surface area contributed by atoms with Gasteiger partial charge in [-0.15, -0.1) is 0 Å².